The van der Waals surface area contributed by atoms with Crippen molar-refractivity contribution in [2.45, 2.75) is 83.6 Å². The monoisotopic (exact) mass is 330 g/mol. The van der Waals surface area contributed by atoms with E-state index in [0.717, 1.165) is 19.4 Å². The molecule has 0 bridgehead atoms. The third-order valence-electron chi connectivity index (χ3n) is 6.15. The van der Waals surface area contributed by atoms with Gasteiger partial charge in [0.05, 0.1) is 19.3 Å². The molecule has 2 aliphatic rings. The van der Waals surface area contributed by atoms with E-state index < -0.39 is 14.1 Å². The normalized spacial score (nSPS) is 40.4. The van der Waals surface area contributed by atoms with Gasteiger partial charge in [-0.15, -0.1) is 0 Å². The van der Waals surface area contributed by atoms with Crippen molar-refractivity contribution in [3.05, 3.63) is 0 Å². The third kappa shape index (κ3) is 3.15. The molecule has 2 saturated heterocycles. The van der Waals surface area contributed by atoms with Gasteiger partial charge in [-0.2, -0.15) is 0 Å². The maximum atomic E-state index is 9.86. The Balaban J connectivity index is 2.21. The first-order valence-electron chi connectivity index (χ1n) is 8.64. The minimum Gasteiger partial charge on any atom is -0.411 e. The highest BCUT2D eigenvalue weighted by Crippen LogP contribution is 2.47. The molecule has 5 heteroatoms. The Morgan fingerprint density at radius 2 is 1.91 bits per heavy atom. The third-order valence-corrected chi connectivity index (χ3v) is 10.6. The molecular weight excluding hydrogens is 296 g/mol. The van der Waals surface area contributed by atoms with Gasteiger partial charge in [-0.1, -0.05) is 34.6 Å². The Kier molecular flexibility index (Phi) is 5.16. The number of aliphatic hydroxyl groups excluding tert-OH is 1. The minimum atomic E-state index is -1.90. The summed E-state index contributed by atoms with van der Waals surface area (Å²) in [6.45, 7) is 16.4. The molecule has 2 fully saturated rings. The molecule has 4 nitrogen and oxygen atoms in total. The summed E-state index contributed by atoms with van der Waals surface area (Å²) in [6.07, 6.45) is 1.60. The van der Waals surface area contributed by atoms with Crippen LogP contribution in [0, 0.1) is 11.8 Å². The van der Waals surface area contributed by atoms with Crippen molar-refractivity contribution in [3.63, 3.8) is 0 Å². The van der Waals surface area contributed by atoms with Gasteiger partial charge in [-0.25, -0.2) is 0 Å². The molecule has 22 heavy (non-hydrogen) atoms. The van der Waals surface area contributed by atoms with Crippen LogP contribution in [0.3, 0.4) is 0 Å². The molecule has 0 saturated carbocycles. The second kappa shape index (κ2) is 6.17. The fraction of sp³-hybridized carbons (Fsp3) is 1.00. The van der Waals surface area contributed by atoms with E-state index in [-0.39, 0.29) is 29.8 Å². The van der Waals surface area contributed by atoms with Crippen LogP contribution in [0.5, 0.6) is 0 Å². The van der Waals surface area contributed by atoms with Gasteiger partial charge >= 0.3 is 0 Å². The maximum absolute atomic E-state index is 9.86. The van der Waals surface area contributed by atoms with Crippen molar-refractivity contribution in [1.82, 2.24) is 0 Å². The summed E-state index contributed by atoms with van der Waals surface area (Å²) in [5.74, 6) is 0.0609. The summed E-state index contributed by atoms with van der Waals surface area (Å²) < 4.78 is 18.9. The van der Waals surface area contributed by atoms with Crippen LogP contribution < -0.4 is 0 Å². The Labute approximate surface area is 136 Å². The van der Waals surface area contributed by atoms with E-state index in [1.807, 2.05) is 0 Å². The fourth-order valence-corrected chi connectivity index (χ4v) is 4.78. The van der Waals surface area contributed by atoms with Gasteiger partial charge in [0.2, 0.25) is 0 Å². The molecule has 1 spiro atoms. The van der Waals surface area contributed by atoms with Gasteiger partial charge in [0.15, 0.2) is 14.1 Å². The average Bonchev–Trinajstić information content (AvgIpc) is 2.88. The molecule has 130 valence electrons. The highest BCUT2D eigenvalue weighted by Gasteiger charge is 2.55. The van der Waals surface area contributed by atoms with Crippen LogP contribution in [0.15, 0.2) is 0 Å². The van der Waals surface area contributed by atoms with Crippen LogP contribution in [0.2, 0.25) is 18.1 Å². The largest absolute Gasteiger partial charge is 0.411 e. The van der Waals surface area contributed by atoms with Crippen molar-refractivity contribution in [2.75, 3.05) is 13.2 Å². The lowest BCUT2D eigenvalue weighted by Crippen LogP contribution is -2.61. The first-order chi connectivity index (χ1) is 10.0. The molecule has 2 heterocycles. The number of hydrogen-bond donors (Lipinski definition) is 1. The van der Waals surface area contributed by atoms with E-state index in [2.05, 4.69) is 47.7 Å². The summed E-state index contributed by atoms with van der Waals surface area (Å²) in [4.78, 5) is 0. The van der Waals surface area contributed by atoms with Crippen LogP contribution >= 0.6 is 0 Å². The van der Waals surface area contributed by atoms with Crippen LogP contribution in [0.4, 0.5) is 0 Å². The van der Waals surface area contributed by atoms with Crippen molar-refractivity contribution < 1.29 is 19.0 Å². The maximum Gasteiger partial charge on any atom is 0.192 e. The zero-order valence-corrected chi connectivity index (χ0v) is 16.3. The summed E-state index contributed by atoms with van der Waals surface area (Å²) >= 11 is 0. The second-order valence-electron chi connectivity index (χ2n) is 8.59. The van der Waals surface area contributed by atoms with Gasteiger partial charge < -0.3 is 19.0 Å². The lowest BCUT2D eigenvalue weighted by molar-refractivity contribution is -0.320. The van der Waals surface area contributed by atoms with Crippen LogP contribution in [0.1, 0.15) is 47.5 Å². The standard InChI is InChI=1S/C17H34O4Si/c1-12-13(2)17(9-8-10-19-17)20-14(11-18)15(12)21-22(6,7)16(3,4)5/h12-15,18H,8-11H2,1-7H3/t12-,13-,14-,15+,17+/m0/s1. The van der Waals surface area contributed by atoms with Gasteiger partial charge in [0.25, 0.3) is 0 Å². The van der Waals surface area contributed by atoms with E-state index in [1.54, 1.807) is 0 Å². The van der Waals surface area contributed by atoms with Crippen LogP contribution in [0.25, 0.3) is 0 Å². The molecule has 1 N–H and O–H groups in total. The molecule has 0 aromatic heterocycles. The van der Waals surface area contributed by atoms with E-state index in [0.29, 0.717) is 5.92 Å². The predicted octanol–water partition coefficient (Wildman–Crippen LogP) is 3.55. The molecule has 5 atom stereocenters. The Hall–Kier alpha value is 0.0569. The van der Waals surface area contributed by atoms with Crippen molar-refractivity contribution in [3.8, 4) is 0 Å². The zero-order valence-electron chi connectivity index (χ0n) is 15.3. The van der Waals surface area contributed by atoms with Crippen LogP contribution in [-0.4, -0.2) is 44.6 Å². The second-order valence-corrected chi connectivity index (χ2v) is 13.3. The van der Waals surface area contributed by atoms with Crippen molar-refractivity contribution >= 4 is 8.32 Å². The highest BCUT2D eigenvalue weighted by atomic mass is 28.4. The van der Waals surface area contributed by atoms with E-state index in [1.165, 1.54) is 0 Å². The summed E-state index contributed by atoms with van der Waals surface area (Å²) in [5, 5.41) is 10.0. The Morgan fingerprint density at radius 1 is 1.27 bits per heavy atom. The topological polar surface area (TPSA) is 47.9 Å². The first-order valence-corrected chi connectivity index (χ1v) is 11.6. The van der Waals surface area contributed by atoms with E-state index in [9.17, 15) is 5.11 Å². The molecule has 0 unspecified atom stereocenters. The number of rotatable bonds is 3. The Morgan fingerprint density at radius 3 is 2.36 bits per heavy atom. The van der Waals surface area contributed by atoms with Gasteiger partial charge in [0.1, 0.15) is 6.10 Å². The van der Waals surface area contributed by atoms with Crippen molar-refractivity contribution in [2.24, 2.45) is 11.8 Å². The summed E-state index contributed by atoms with van der Waals surface area (Å²) in [5.41, 5.74) is 0. The molecule has 0 radical (unpaired) electrons. The zero-order chi connectivity index (χ0) is 16.8. The molecule has 0 aromatic carbocycles. The van der Waals surface area contributed by atoms with Gasteiger partial charge in [-0.3, -0.25) is 0 Å². The fourth-order valence-electron chi connectivity index (χ4n) is 3.38. The van der Waals surface area contributed by atoms with Crippen LogP contribution in [-0.2, 0) is 13.9 Å². The lowest BCUT2D eigenvalue weighted by Gasteiger charge is -2.52. The van der Waals surface area contributed by atoms with Crippen molar-refractivity contribution in [1.29, 1.82) is 0 Å². The highest BCUT2D eigenvalue weighted by molar-refractivity contribution is 6.74. The Bertz CT molecular complexity index is 383. The number of aliphatic hydroxyl groups is 1. The summed E-state index contributed by atoms with van der Waals surface area (Å²) in [6, 6.07) is 0. The molecule has 2 rings (SSSR count). The summed E-state index contributed by atoms with van der Waals surface area (Å²) in [7, 11) is -1.90. The van der Waals surface area contributed by atoms with Gasteiger partial charge in [-0.05, 0) is 30.5 Å². The smallest absolute Gasteiger partial charge is 0.192 e. The molecule has 0 amide bonds. The predicted molar refractivity (Wildman–Crippen MR) is 90.3 cm³/mol. The lowest BCUT2D eigenvalue weighted by atomic mass is 9.78. The molecular formula is C17H34O4Si. The minimum absolute atomic E-state index is 0.0124. The molecule has 0 aliphatic carbocycles. The SMILES string of the molecule is C[C@@H]1[C@@H](O[Si](C)(C)C(C)(C)C)[C@H](CO)O[C@]2(CCCO2)[C@H]1C. The average molecular weight is 331 g/mol. The number of ether oxygens (including phenoxy) is 2. The number of hydrogen-bond acceptors (Lipinski definition) is 4. The molecule has 0 aromatic rings. The first kappa shape index (κ1) is 18.4. The quantitative estimate of drug-likeness (QED) is 0.804. The van der Waals surface area contributed by atoms with E-state index in [4.69, 9.17) is 13.9 Å². The van der Waals surface area contributed by atoms with Gasteiger partial charge in [0, 0.05) is 12.3 Å². The van der Waals surface area contributed by atoms with E-state index >= 15 is 0 Å². The molecule has 2 aliphatic heterocycles.